The van der Waals surface area contributed by atoms with Crippen LogP contribution in [0.2, 0.25) is 0 Å². The molecule has 1 fully saturated rings. The maximum Gasteiger partial charge on any atom is 0.229 e. The number of carbonyl (C=O) groups is 1. The van der Waals surface area contributed by atoms with E-state index in [0.717, 1.165) is 47.4 Å². The van der Waals surface area contributed by atoms with Crippen LogP contribution in [-0.2, 0) is 11.2 Å². The number of rotatable bonds is 8. The van der Waals surface area contributed by atoms with Gasteiger partial charge >= 0.3 is 0 Å². The fraction of sp³-hybridized carbons (Fsp3) is 0.300. The van der Waals surface area contributed by atoms with Crippen molar-refractivity contribution in [1.82, 2.24) is 9.97 Å². The van der Waals surface area contributed by atoms with Gasteiger partial charge in [0.25, 0.3) is 0 Å². The Morgan fingerprint density at radius 3 is 2.47 bits per heavy atom. The van der Waals surface area contributed by atoms with E-state index in [0.29, 0.717) is 18.2 Å². The lowest BCUT2D eigenvalue weighted by Crippen LogP contribution is -2.18. The van der Waals surface area contributed by atoms with Crippen molar-refractivity contribution in [2.45, 2.75) is 57.8 Å². The number of aromatic nitrogens is 2. The monoisotopic (exact) mass is 451 g/mol. The molecule has 1 amide bonds. The van der Waals surface area contributed by atoms with Crippen LogP contribution in [0.1, 0.15) is 79.4 Å². The average Bonchev–Trinajstić information content (AvgIpc) is 2.86. The highest BCUT2D eigenvalue weighted by Gasteiger charge is 2.22. The number of benzene rings is 2. The molecule has 1 heterocycles. The number of hydrogen-bond donors (Lipinski definition) is 1. The second kappa shape index (κ2) is 11.6. The molecule has 0 bridgehead atoms. The van der Waals surface area contributed by atoms with Gasteiger partial charge in [-0.25, -0.2) is 4.98 Å². The standard InChI is InChI=1S/C30H33N3O/c1-3-24-14-10-11-17-26(24)18-22(2)19-28(34)33-30-29(25-15-8-5-9-16-25)32-27(21-31-30)20-23-12-6-4-7-13-23/h3-4,6-7,10-14,17-18,21,25H,1,5,8-9,15-16,19-20H2,2H3,(H,31,33,34)/b22-18+. The molecule has 4 nitrogen and oxygen atoms in total. The Labute approximate surface area is 202 Å². The highest BCUT2D eigenvalue weighted by atomic mass is 16.1. The van der Waals surface area contributed by atoms with E-state index in [9.17, 15) is 4.79 Å². The normalized spacial score (nSPS) is 14.6. The van der Waals surface area contributed by atoms with Gasteiger partial charge in [0.2, 0.25) is 5.91 Å². The van der Waals surface area contributed by atoms with E-state index in [4.69, 9.17) is 4.98 Å². The van der Waals surface area contributed by atoms with Crippen LogP contribution in [0.25, 0.3) is 12.2 Å². The van der Waals surface area contributed by atoms with E-state index in [1.165, 1.54) is 24.8 Å². The van der Waals surface area contributed by atoms with E-state index >= 15 is 0 Å². The predicted octanol–water partition coefficient (Wildman–Crippen LogP) is 7.19. The molecule has 4 heteroatoms. The minimum atomic E-state index is -0.0630. The Morgan fingerprint density at radius 1 is 1.03 bits per heavy atom. The molecule has 1 aliphatic carbocycles. The van der Waals surface area contributed by atoms with E-state index in [1.54, 1.807) is 6.20 Å². The highest BCUT2D eigenvalue weighted by Crippen LogP contribution is 2.35. The third kappa shape index (κ3) is 6.28. The summed E-state index contributed by atoms with van der Waals surface area (Å²) in [6, 6.07) is 18.4. The summed E-state index contributed by atoms with van der Waals surface area (Å²) in [5, 5.41) is 3.07. The Morgan fingerprint density at radius 2 is 1.74 bits per heavy atom. The number of carbonyl (C=O) groups excluding carboxylic acids is 1. The van der Waals surface area contributed by atoms with Crippen molar-refractivity contribution in [3.05, 3.63) is 101 Å². The summed E-state index contributed by atoms with van der Waals surface area (Å²) < 4.78 is 0. The minimum absolute atomic E-state index is 0.0630. The van der Waals surface area contributed by atoms with Crippen molar-refractivity contribution in [2.24, 2.45) is 0 Å². The van der Waals surface area contributed by atoms with Gasteiger partial charge in [-0.05, 0) is 36.5 Å². The summed E-state index contributed by atoms with van der Waals surface area (Å²) in [6.45, 7) is 5.86. The van der Waals surface area contributed by atoms with E-state index in [1.807, 2.05) is 61.5 Å². The summed E-state index contributed by atoms with van der Waals surface area (Å²) >= 11 is 0. The maximum atomic E-state index is 12.9. The third-order valence-corrected chi connectivity index (χ3v) is 6.38. The fourth-order valence-corrected chi connectivity index (χ4v) is 4.66. The molecule has 0 aliphatic heterocycles. The van der Waals surface area contributed by atoms with E-state index < -0.39 is 0 Å². The van der Waals surface area contributed by atoms with Crippen molar-refractivity contribution >= 4 is 23.9 Å². The first-order valence-corrected chi connectivity index (χ1v) is 12.2. The Bertz CT molecular complexity index is 1160. The van der Waals surface area contributed by atoms with Gasteiger partial charge in [-0.3, -0.25) is 9.78 Å². The molecule has 0 atom stereocenters. The zero-order valence-corrected chi connectivity index (χ0v) is 20.0. The lowest BCUT2D eigenvalue weighted by Gasteiger charge is -2.23. The van der Waals surface area contributed by atoms with Gasteiger partial charge in [0, 0.05) is 18.8 Å². The Balaban J connectivity index is 1.52. The van der Waals surface area contributed by atoms with E-state index in [2.05, 4.69) is 29.0 Å². The second-order valence-electron chi connectivity index (χ2n) is 9.14. The minimum Gasteiger partial charge on any atom is -0.309 e. The van der Waals surface area contributed by atoms with Crippen LogP contribution in [0, 0.1) is 0 Å². The molecule has 1 saturated carbocycles. The number of anilines is 1. The third-order valence-electron chi connectivity index (χ3n) is 6.38. The van der Waals surface area contributed by atoms with Crippen LogP contribution in [-0.4, -0.2) is 15.9 Å². The first-order chi connectivity index (χ1) is 16.6. The predicted molar refractivity (Wildman–Crippen MR) is 141 cm³/mol. The molecule has 2 aromatic carbocycles. The fourth-order valence-electron chi connectivity index (χ4n) is 4.66. The molecule has 1 N–H and O–H groups in total. The number of amides is 1. The first-order valence-electron chi connectivity index (χ1n) is 12.2. The summed E-state index contributed by atoms with van der Waals surface area (Å²) in [5.41, 5.74) is 6.21. The molecule has 0 saturated heterocycles. The van der Waals surface area contributed by atoms with Gasteiger partial charge in [0.05, 0.1) is 17.6 Å². The smallest absolute Gasteiger partial charge is 0.229 e. The van der Waals surface area contributed by atoms with Gasteiger partial charge in [-0.1, -0.05) is 98.2 Å². The number of nitrogens with one attached hydrogen (secondary N) is 1. The van der Waals surface area contributed by atoms with Crippen LogP contribution in [0.5, 0.6) is 0 Å². The van der Waals surface area contributed by atoms with Crippen molar-refractivity contribution < 1.29 is 4.79 Å². The topological polar surface area (TPSA) is 54.9 Å². The Kier molecular flexibility index (Phi) is 8.03. The van der Waals surface area contributed by atoms with E-state index in [-0.39, 0.29) is 5.91 Å². The lowest BCUT2D eigenvalue weighted by atomic mass is 9.86. The SMILES string of the molecule is C=Cc1ccccc1/C=C(\C)CC(=O)Nc1ncc(Cc2ccccc2)nc1C1CCCCC1. The Hall–Kier alpha value is -3.53. The number of nitrogens with zero attached hydrogens (tertiary/aromatic N) is 2. The van der Waals surface area contributed by atoms with Crippen molar-refractivity contribution in [2.75, 3.05) is 5.32 Å². The van der Waals surface area contributed by atoms with Gasteiger partial charge in [0.15, 0.2) is 5.82 Å². The summed E-state index contributed by atoms with van der Waals surface area (Å²) in [6.07, 6.45) is 12.6. The largest absolute Gasteiger partial charge is 0.309 e. The van der Waals surface area contributed by atoms with Gasteiger partial charge < -0.3 is 5.32 Å². The number of hydrogen-bond acceptors (Lipinski definition) is 3. The van der Waals surface area contributed by atoms with Crippen molar-refractivity contribution in [3.63, 3.8) is 0 Å². The van der Waals surface area contributed by atoms with Crippen LogP contribution in [0.4, 0.5) is 5.82 Å². The molecule has 0 radical (unpaired) electrons. The molecule has 1 aliphatic rings. The van der Waals surface area contributed by atoms with Gasteiger partial charge in [-0.2, -0.15) is 0 Å². The molecular weight excluding hydrogens is 418 g/mol. The summed E-state index contributed by atoms with van der Waals surface area (Å²) in [4.78, 5) is 22.6. The van der Waals surface area contributed by atoms with Crippen molar-refractivity contribution in [1.29, 1.82) is 0 Å². The molecule has 1 aromatic heterocycles. The van der Waals surface area contributed by atoms with Gasteiger partial charge in [0.1, 0.15) is 0 Å². The molecular formula is C30H33N3O. The molecule has 0 unspecified atom stereocenters. The molecule has 4 rings (SSSR count). The van der Waals surface area contributed by atoms with Crippen LogP contribution in [0.3, 0.4) is 0 Å². The second-order valence-corrected chi connectivity index (χ2v) is 9.14. The molecule has 0 spiro atoms. The lowest BCUT2D eigenvalue weighted by molar-refractivity contribution is -0.115. The van der Waals surface area contributed by atoms with Crippen molar-refractivity contribution in [3.8, 4) is 0 Å². The first kappa shape index (κ1) is 23.6. The highest BCUT2D eigenvalue weighted by molar-refractivity contribution is 5.92. The summed E-state index contributed by atoms with van der Waals surface area (Å²) in [7, 11) is 0. The summed E-state index contributed by atoms with van der Waals surface area (Å²) in [5.74, 6) is 0.906. The maximum absolute atomic E-state index is 12.9. The van der Waals surface area contributed by atoms with Crippen LogP contribution < -0.4 is 5.32 Å². The quantitative estimate of drug-likeness (QED) is 0.394. The van der Waals surface area contributed by atoms with Gasteiger partial charge in [-0.15, -0.1) is 0 Å². The molecule has 3 aromatic rings. The zero-order chi connectivity index (χ0) is 23.8. The zero-order valence-electron chi connectivity index (χ0n) is 20.0. The van der Waals surface area contributed by atoms with Crippen LogP contribution in [0.15, 0.2) is 72.9 Å². The molecule has 174 valence electrons. The molecule has 34 heavy (non-hydrogen) atoms. The average molecular weight is 452 g/mol. The van der Waals surface area contributed by atoms with Crippen LogP contribution >= 0.6 is 0 Å².